The van der Waals surface area contributed by atoms with E-state index in [1.807, 2.05) is 17.0 Å². The smallest absolute Gasteiger partial charge is 0.253 e. The standard InChI is InChI=1S/C27H29FN8O2/c1-35-10-12-36(13-11-35)26(37)18-2-5-21(6-3-18)33-27-32-17-31-25(34-27)19-4-7-23(20(14-19)15-29)38-24-8-9-30-16-22(24)28/h2-7,14,17,22,24,30H,8-13,16H2,1H3,(H,31,32,33,34)/t22-,24-/m0/s1. The van der Waals surface area contributed by atoms with Crippen LogP contribution >= 0.6 is 0 Å². The van der Waals surface area contributed by atoms with E-state index in [9.17, 15) is 14.4 Å². The van der Waals surface area contributed by atoms with E-state index in [-0.39, 0.29) is 18.0 Å². The normalized spacial score (nSPS) is 20.0. The van der Waals surface area contributed by atoms with E-state index in [4.69, 9.17) is 4.74 Å². The van der Waals surface area contributed by atoms with Crippen LogP contribution in [0.4, 0.5) is 16.0 Å². The summed E-state index contributed by atoms with van der Waals surface area (Å²) in [5.41, 5.74) is 2.24. The zero-order valence-electron chi connectivity index (χ0n) is 21.1. The Bertz CT molecular complexity index is 1320. The molecule has 2 atom stereocenters. The summed E-state index contributed by atoms with van der Waals surface area (Å²) in [5, 5.41) is 15.8. The Labute approximate surface area is 220 Å². The molecule has 3 heterocycles. The van der Waals surface area contributed by atoms with Crippen LogP contribution in [0.25, 0.3) is 11.4 Å². The Balaban J connectivity index is 1.27. The summed E-state index contributed by atoms with van der Waals surface area (Å²) in [6, 6.07) is 14.3. The fourth-order valence-corrected chi connectivity index (χ4v) is 4.46. The van der Waals surface area contributed by atoms with Gasteiger partial charge in [0.05, 0.1) is 5.56 Å². The van der Waals surface area contributed by atoms with E-state index in [2.05, 4.69) is 43.6 Å². The van der Waals surface area contributed by atoms with E-state index >= 15 is 0 Å². The van der Waals surface area contributed by atoms with Crippen molar-refractivity contribution in [1.29, 1.82) is 5.26 Å². The molecule has 2 saturated heterocycles. The highest BCUT2D eigenvalue weighted by Crippen LogP contribution is 2.27. The topological polar surface area (TPSA) is 119 Å². The second kappa shape index (κ2) is 11.5. The van der Waals surface area contributed by atoms with Gasteiger partial charge in [0.2, 0.25) is 5.95 Å². The number of amides is 1. The zero-order valence-corrected chi connectivity index (χ0v) is 21.1. The Morgan fingerprint density at radius 1 is 1.16 bits per heavy atom. The molecule has 10 nitrogen and oxygen atoms in total. The number of nitrogens with zero attached hydrogens (tertiary/aromatic N) is 6. The molecule has 2 aromatic carbocycles. The van der Waals surface area contributed by atoms with Crippen LogP contribution < -0.4 is 15.4 Å². The van der Waals surface area contributed by atoms with Gasteiger partial charge < -0.3 is 25.2 Å². The van der Waals surface area contributed by atoms with Gasteiger partial charge in [0.1, 0.15) is 30.4 Å². The van der Waals surface area contributed by atoms with Crippen LogP contribution in [-0.2, 0) is 0 Å². The predicted molar refractivity (Wildman–Crippen MR) is 140 cm³/mol. The number of carbonyl (C=O) groups excluding carboxylic acids is 1. The van der Waals surface area contributed by atoms with Crippen molar-refractivity contribution in [3.8, 4) is 23.2 Å². The molecule has 2 aliphatic heterocycles. The maximum atomic E-state index is 14.2. The van der Waals surface area contributed by atoms with Gasteiger partial charge >= 0.3 is 0 Å². The zero-order chi connectivity index (χ0) is 26.5. The van der Waals surface area contributed by atoms with Crippen LogP contribution in [-0.4, -0.2) is 89.3 Å². The van der Waals surface area contributed by atoms with Crippen LogP contribution in [0.5, 0.6) is 5.75 Å². The second-order valence-corrected chi connectivity index (χ2v) is 9.42. The van der Waals surface area contributed by atoms with Gasteiger partial charge in [-0.15, -0.1) is 0 Å². The van der Waals surface area contributed by atoms with E-state index in [0.29, 0.717) is 41.6 Å². The number of halogens is 1. The van der Waals surface area contributed by atoms with Crippen molar-refractivity contribution in [1.82, 2.24) is 30.1 Å². The number of likely N-dealkylation sites (N-methyl/N-ethyl adjacent to an activating group) is 1. The molecule has 0 saturated carbocycles. The van der Waals surface area contributed by atoms with Gasteiger partial charge in [0.25, 0.3) is 5.91 Å². The van der Waals surface area contributed by atoms with Gasteiger partial charge in [-0.1, -0.05) is 0 Å². The molecule has 0 aliphatic carbocycles. The first-order valence-corrected chi connectivity index (χ1v) is 12.6. The summed E-state index contributed by atoms with van der Waals surface area (Å²) in [6.07, 6.45) is 0.188. The lowest BCUT2D eigenvalue weighted by Crippen LogP contribution is -2.47. The van der Waals surface area contributed by atoms with Gasteiger partial charge in [-0.25, -0.2) is 14.4 Å². The Morgan fingerprint density at radius 2 is 1.95 bits per heavy atom. The van der Waals surface area contributed by atoms with Gasteiger partial charge in [0, 0.05) is 49.5 Å². The van der Waals surface area contributed by atoms with Crippen molar-refractivity contribution in [3.05, 3.63) is 59.9 Å². The number of alkyl halides is 1. The number of carbonyl (C=O) groups is 1. The number of nitriles is 1. The molecule has 0 unspecified atom stereocenters. The minimum Gasteiger partial charge on any atom is -0.486 e. The van der Waals surface area contributed by atoms with E-state index in [1.54, 1.807) is 30.3 Å². The molecule has 1 aromatic heterocycles. The molecule has 2 fully saturated rings. The van der Waals surface area contributed by atoms with Crippen molar-refractivity contribution in [3.63, 3.8) is 0 Å². The lowest BCUT2D eigenvalue weighted by Gasteiger charge is -2.32. The van der Waals surface area contributed by atoms with Crippen molar-refractivity contribution in [2.45, 2.75) is 18.7 Å². The Morgan fingerprint density at radius 3 is 2.68 bits per heavy atom. The fraction of sp³-hybridized carbons (Fsp3) is 0.370. The van der Waals surface area contributed by atoms with Crippen molar-refractivity contribution >= 4 is 17.5 Å². The summed E-state index contributed by atoms with van der Waals surface area (Å²) < 4.78 is 20.0. The summed E-state index contributed by atoms with van der Waals surface area (Å²) >= 11 is 0. The number of benzene rings is 2. The van der Waals surface area contributed by atoms with Crippen LogP contribution in [0.2, 0.25) is 0 Å². The fourth-order valence-electron chi connectivity index (χ4n) is 4.46. The highest BCUT2D eigenvalue weighted by atomic mass is 19.1. The third-order valence-corrected chi connectivity index (χ3v) is 6.74. The van der Waals surface area contributed by atoms with Crippen LogP contribution in [0.3, 0.4) is 0 Å². The van der Waals surface area contributed by atoms with E-state index < -0.39 is 12.3 Å². The SMILES string of the molecule is CN1CCN(C(=O)c2ccc(Nc3ncnc(-c4ccc(O[C@H]5CCNC[C@@H]5F)c(C#N)c4)n3)cc2)CC1. The number of anilines is 2. The molecule has 1 amide bonds. The van der Waals surface area contributed by atoms with E-state index in [1.165, 1.54) is 6.33 Å². The molecular weight excluding hydrogens is 487 g/mol. The molecule has 2 N–H and O–H groups in total. The number of hydrogen-bond donors (Lipinski definition) is 2. The Kier molecular flexibility index (Phi) is 7.72. The quantitative estimate of drug-likeness (QED) is 0.510. The number of piperazine rings is 1. The molecule has 3 aromatic rings. The average molecular weight is 517 g/mol. The average Bonchev–Trinajstić information content (AvgIpc) is 2.95. The number of rotatable bonds is 6. The first-order valence-electron chi connectivity index (χ1n) is 12.6. The third kappa shape index (κ3) is 5.88. The van der Waals surface area contributed by atoms with Crippen molar-refractivity contribution in [2.75, 3.05) is 51.6 Å². The monoisotopic (exact) mass is 516 g/mol. The molecule has 0 bridgehead atoms. The number of piperidine rings is 1. The van der Waals surface area contributed by atoms with Crippen LogP contribution in [0.1, 0.15) is 22.3 Å². The number of ether oxygens (including phenoxy) is 1. The van der Waals surface area contributed by atoms with Gasteiger partial charge in [-0.05, 0) is 62.5 Å². The van der Waals surface area contributed by atoms with Gasteiger partial charge in [-0.3, -0.25) is 4.79 Å². The Hall–Kier alpha value is -4.14. The van der Waals surface area contributed by atoms with Crippen LogP contribution in [0, 0.1) is 11.3 Å². The summed E-state index contributed by atoms with van der Waals surface area (Å²) in [5.74, 6) is 1.05. The second-order valence-electron chi connectivity index (χ2n) is 9.42. The maximum absolute atomic E-state index is 14.2. The summed E-state index contributed by atoms with van der Waals surface area (Å²) in [4.78, 5) is 29.8. The summed E-state index contributed by atoms with van der Waals surface area (Å²) in [6.45, 7) is 4.08. The number of aromatic nitrogens is 3. The largest absolute Gasteiger partial charge is 0.486 e. The summed E-state index contributed by atoms with van der Waals surface area (Å²) in [7, 11) is 2.05. The van der Waals surface area contributed by atoms with Gasteiger partial charge in [-0.2, -0.15) is 10.2 Å². The molecule has 0 radical (unpaired) electrons. The molecule has 0 spiro atoms. The molecule has 11 heteroatoms. The highest BCUT2D eigenvalue weighted by molar-refractivity contribution is 5.94. The van der Waals surface area contributed by atoms with Gasteiger partial charge in [0.15, 0.2) is 5.82 Å². The molecular formula is C27H29FN8O2. The lowest BCUT2D eigenvalue weighted by molar-refractivity contribution is 0.0664. The first kappa shape index (κ1) is 25.5. The molecule has 38 heavy (non-hydrogen) atoms. The predicted octanol–water partition coefficient (Wildman–Crippen LogP) is 2.62. The molecule has 5 rings (SSSR count). The highest BCUT2D eigenvalue weighted by Gasteiger charge is 2.27. The minimum atomic E-state index is -1.13. The first-order chi connectivity index (χ1) is 18.5. The minimum absolute atomic E-state index is 0.0232. The van der Waals surface area contributed by atoms with Crippen molar-refractivity contribution < 1.29 is 13.9 Å². The molecule has 2 aliphatic rings. The maximum Gasteiger partial charge on any atom is 0.253 e. The number of hydrogen-bond acceptors (Lipinski definition) is 9. The van der Waals surface area contributed by atoms with E-state index in [0.717, 1.165) is 31.9 Å². The third-order valence-electron chi connectivity index (χ3n) is 6.74. The lowest BCUT2D eigenvalue weighted by atomic mass is 10.1. The van der Waals surface area contributed by atoms with Crippen molar-refractivity contribution in [2.24, 2.45) is 0 Å². The number of nitrogens with one attached hydrogen (secondary N) is 2. The van der Waals surface area contributed by atoms with Crippen LogP contribution in [0.15, 0.2) is 48.8 Å². The molecule has 196 valence electrons.